The lowest BCUT2D eigenvalue weighted by atomic mass is 9.94. The maximum Gasteiger partial charge on any atom is 0.140 e. The van der Waals surface area contributed by atoms with Crippen molar-refractivity contribution in [3.63, 3.8) is 0 Å². The highest BCUT2D eigenvalue weighted by molar-refractivity contribution is 5.83. The fourth-order valence-electron chi connectivity index (χ4n) is 1.76. The third-order valence-corrected chi connectivity index (χ3v) is 2.83. The van der Waals surface area contributed by atoms with Crippen molar-refractivity contribution in [2.45, 2.75) is 46.6 Å². The van der Waals surface area contributed by atoms with Gasteiger partial charge in [-0.05, 0) is 25.3 Å². The Morgan fingerprint density at radius 1 is 1.40 bits per heavy atom. The molecule has 1 aromatic rings. The maximum absolute atomic E-state index is 11.8. The molecule has 3 nitrogen and oxygen atoms in total. The molecule has 1 heterocycles. The van der Waals surface area contributed by atoms with Gasteiger partial charge in [0.1, 0.15) is 5.78 Å². The summed E-state index contributed by atoms with van der Waals surface area (Å²) in [5.41, 5.74) is 1.04. The molecule has 0 spiro atoms. The van der Waals surface area contributed by atoms with Crippen LogP contribution in [0.25, 0.3) is 0 Å². The van der Waals surface area contributed by atoms with Crippen molar-refractivity contribution >= 4 is 5.78 Å². The summed E-state index contributed by atoms with van der Waals surface area (Å²) in [5, 5.41) is 4.16. The lowest BCUT2D eigenvalue weighted by Gasteiger charge is -2.09. The summed E-state index contributed by atoms with van der Waals surface area (Å²) >= 11 is 0. The third kappa shape index (κ3) is 3.18. The molecule has 84 valence electrons. The van der Waals surface area contributed by atoms with Crippen LogP contribution >= 0.6 is 0 Å². The van der Waals surface area contributed by atoms with Gasteiger partial charge in [0.15, 0.2) is 0 Å². The van der Waals surface area contributed by atoms with Gasteiger partial charge < -0.3 is 0 Å². The van der Waals surface area contributed by atoms with E-state index >= 15 is 0 Å². The van der Waals surface area contributed by atoms with Crippen molar-refractivity contribution in [3.8, 4) is 0 Å². The average Bonchev–Trinajstić information content (AvgIpc) is 2.67. The predicted molar refractivity (Wildman–Crippen MR) is 60.7 cm³/mol. The van der Waals surface area contributed by atoms with E-state index in [-0.39, 0.29) is 5.92 Å². The lowest BCUT2D eigenvalue weighted by Crippen LogP contribution is -2.14. The van der Waals surface area contributed by atoms with Crippen LogP contribution in [-0.2, 0) is 17.8 Å². The highest BCUT2D eigenvalue weighted by Crippen LogP contribution is 2.12. The number of hydrogen-bond acceptors (Lipinski definition) is 2. The molecule has 0 aliphatic rings. The molecule has 0 aliphatic carbocycles. The van der Waals surface area contributed by atoms with Crippen LogP contribution in [0.4, 0.5) is 0 Å². The van der Waals surface area contributed by atoms with Crippen molar-refractivity contribution in [1.29, 1.82) is 0 Å². The van der Waals surface area contributed by atoms with Crippen LogP contribution in [-0.4, -0.2) is 15.6 Å². The first kappa shape index (κ1) is 12.0. The van der Waals surface area contributed by atoms with Crippen molar-refractivity contribution in [2.24, 2.45) is 5.92 Å². The van der Waals surface area contributed by atoms with E-state index in [2.05, 4.69) is 18.9 Å². The number of hydrogen-bond donors (Lipinski definition) is 0. The number of Topliss-reactive ketones (excluding diaryl/α,β-unsaturated/α-hetero) is 1. The van der Waals surface area contributed by atoms with Gasteiger partial charge in [0.25, 0.3) is 0 Å². The van der Waals surface area contributed by atoms with Crippen LogP contribution in [0.1, 0.15) is 39.2 Å². The average molecular weight is 208 g/mol. The molecule has 3 heteroatoms. The van der Waals surface area contributed by atoms with Gasteiger partial charge in [0.2, 0.25) is 0 Å². The Hall–Kier alpha value is -1.12. The minimum Gasteiger partial charge on any atom is -0.299 e. The van der Waals surface area contributed by atoms with Gasteiger partial charge in [-0.3, -0.25) is 9.48 Å². The number of carbonyl (C=O) groups excluding carboxylic acids is 1. The monoisotopic (exact) mass is 208 g/mol. The molecule has 15 heavy (non-hydrogen) atoms. The number of ketones is 1. The van der Waals surface area contributed by atoms with E-state index in [1.54, 1.807) is 6.20 Å². The molecular formula is C12H20N2O. The van der Waals surface area contributed by atoms with Crippen molar-refractivity contribution in [1.82, 2.24) is 9.78 Å². The van der Waals surface area contributed by atoms with Gasteiger partial charge in [-0.25, -0.2) is 0 Å². The molecule has 0 aromatic carbocycles. The van der Waals surface area contributed by atoms with Crippen LogP contribution in [0, 0.1) is 5.92 Å². The SMILES string of the molecule is CCC(CC)C(=O)Cc1cnn(CC)c1. The number of aromatic nitrogens is 2. The van der Waals surface area contributed by atoms with E-state index in [1.807, 2.05) is 17.8 Å². The quantitative estimate of drug-likeness (QED) is 0.719. The molecule has 0 unspecified atom stereocenters. The van der Waals surface area contributed by atoms with E-state index < -0.39 is 0 Å². The molecule has 0 amide bonds. The molecule has 0 atom stereocenters. The summed E-state index contributed by atoms with van der Waals surface area (Å²) < 4.78 is 1.86. The minimum absolute atomic E-state index is 0.218. The fourth-order valence-corrected chi connectivity index (χ4v) is 1.76. The minimum atomic E-state index is 0.218. The number of rotatable bonds is 6. The van der Waals surface area contributed by atoms with Gasteiger partial charge in [0, 0.05) is 25.1 Å². The Balaban J connectivity index is 2.57. The van der Waals surface area contributed by atoms with E-state index in [9.17, 15) is 4.79 Å². The fraction of sp³-hybridized carbons (Fsp3) is 0.667. The first-order chi connectivity index (χ1) is 7.21. The van der Waals surface area contributed by atoms with Gasteiger partial charge in [-0.15, -0.1) is 0 Å². The van der Waals surface area contributed by atoms with Crippen molar-refractivity contribution in [3.05, 3.63) is 18.0 Å². The molecule has 0 N–H and O–H groups in total. The van der Waals surface area contributed by atoms with Crippen LogP contribution in [0.3, 0.4) is 0 Å². The second kappa shape index (κ2) is 5.69. The van der Waals surface area contributed by atoms with Gasteiger partial charge in [-0.1, -0.05) is 13.8 Å². The molecule has 0 radical (unpaired) electrons. The van der Waals surface area contributed by atoms with E-state index in [4.69, 9.17) is 0 Å². The number of carbonyl (C=O) groups is 1. The molecule has 1 aromatic heterocycles. The summed E-state index contributed by atoms with van der Waals surface area (Å²) in [6.45, 7) is 7.04. The zero-order valence-corrected chi connectivity index (χ0v) is 9.86. The van der Waals surface area contributed by atoms with E-state index in [0.29, 0.717) is 12.2 Å². The Labute approximate surface area is 91.5 Å². The second-order valence-corrected chi connectivity index (χ2v) is 3.86. The Morgan fingerprint density at radius 3 is 2.53 bits per heavy atom. The zero-order chi connectivity index (χ0) is 11.3. The Morgan fingerprint density at radius 2 is 2.07 bits per heavy atom. The van der Waals surface area contributed by atoms with Crippen molar-refractivity contribution < 1.29 is 4.79 Å². The van der Waals surface area contributed by atoms with Crippen LogP contribution in [0.2, 0.25) is 0 Å². The normalized spacial score (nSPS) is 10.9. The van der Waals surface area contributed by atoms with Crippen LogP contribution in [0.5, 0.6) is 0 Å². The zero-order valence-electron chi connectivity index (χ0n) is 9.86. The maximum atomic E-state index is 11.8. The number of nitrogens with zero attached hydrogens (tertiary/aromatic N) is 2. The van der Waals surface area contributed by atoms with Crippen LogP contribution < -0.4 is 0 Å². The molecular weight excluding hydrogens is 188 g/mol. The predicted octanol–water partition coefficient (Wildman–Crippen LogP) is 2.45. The van der Waals surface area contributed by atoms with Crippen LogP contribution in [0.15, 0.2) is 12.4 Å². The third-order valence-electron chi connectivity index (χ3n) is 2.83. The van der Waals surface area contributed by atoms with Gasteiger partial charge >= 0.3 is 0 Å². The highest BCUT2D eigenvalue weighted by atomic mass is 16.1. The molecule has 0 bridgehead atoms. The summed E-state index contributed by atoms with van der Waals surface area (Å²) in [6.07, 6.45) is 6.17. The summed E-state index contributed by atoms with van der Waals surface area (Å²) in [7, 11) is 0. The summed E-state index contributed by atoms with van der Waals surface area (Å²) in [6, 6.07) is 0. The first-order valence-electron chi connectivity index (χ1n) is 5.75. The molecule has 1 rings (SSSR count). The standard InChI is InChI=1S/C12H20N2O/c1-4-11(5-2)12(15)7-10-8-13-14(6-3)9-10/h8-9,11H,4-7H2,1-3H3. The Kier molecular flexibility index (Phi) is 4.53. The topological polar surface area (TPSA) is 34.9 Å². The number of aryl methyl sites for hydroxylation is 1. The van der Waals surface area contributed by atoms with Gasteiger partial charge in [-0.2, -0.15) is 5.10 Å². The summed E-state index contributed by atoms with van der Waals surface area (Å²) in [4.78, 5) is 11.8. The molecule has 0 saturated heterocycles. The smallest absolute Gasteiger partial charge is 0.140 e. The molecule has 0 fully saturated rings. The molecule has 0 aliphatic heterocycles. The van der Waals surface area contributed by atoms with E-state index in [1.165, 1.54) is 0 Å². The second-order valence-electron chi connectivity index (χ2n) is 3.86. The van der Waals surface area contributed by atoms with Gasteiger partial charge in [0.05, 0.1) is 6.20 Å². The Bertz CT molecular complexity index is 313. The lowest BCUT2D eigenvalue weighted by molar-refractivity contribution is -0.122. The van der Waals surface area contributed by atoms with Crippen molar-refractivity contribution in [2.75, 3.05) is 0 Å². The molecule has 0 saturated carbocycles. The van der Waals surface area contributed by atoms with E-state index in [0.717, 1.165) is 24.9 Å². The highest BCUT2D eigenvalue weighted by Gasteiger charge is 2.15. The first-order valence-corrected chi connectivity index (χ1v) is 5.75. The summed E-state index contributed by atoms with van der Waals surface area (Å²) in [5.74, 6) is 0.561. The largest absolute Gasteiger partial charge is 0.299 e.